The smallest absolute Gasteiger partial charge is 0.254 e. The van der Waals surface area contributed by atoms with Crippen molar-refractivity contribution in [1.29, 1.82) is 0 Å². The predicted octanol–water partition coefficient (Wildman–Crippen LogP) is 2.96. The quantitative estimate of drug-likeness (QED) is 0.887. The van der Waals surface area contributed by atoms with Gasteiger partial charge in [-0.15, -0.1) is 0 Å². The van der Waals surface area contributed by atoms with E-state index in [4.69, 9.17) is 9.47 Å². The zero-order chi connectivity index (χ0) is 19.2. The first-order valence-electron chi connectivity index (χ1n) is 8.95. The van der Waals surface area contributed by atoms with Gasteiger partial charge in [0, 0.05) is 29.4 Å². The highest BCUT2D eigenvalue weighted by atomic mass is 16.5. The van der Waals surface area contributed by atoms with E-state index in [9.17, 15) is 9.59 Å². The summed E-state index contributed by atoms with van der Waals surface area (Å²) in [6, 6.07) is 11.1. The molecule has 6 heteroatoms. The Morgan fingerprint density at radius 3 is 2.81 bits per heavy atom. The summed E-state index contributed by atoms with van der Waals surface area (Å²) in [6.45, 7) is 5.14. The lowest BCUT2D eigenvalue weighted by Crippen LogP contribution is -2.32. The van der Waals surface area contributed by atoms with Crippen LogP contribution in [0, 0.1) is 0 Å². The molecule has 6 nitrogen and oxygen atoms in total. The van der Waals surface area contributed by atoms with Gasteiger partial charge in [0.05, 0.1) is 19.1 Å². The van der Waals surface area contributed by atoms with Crippen LogP contribution in [0.5, 0.6) is 11.5 Å². The lowest BCUT2D eigenvalue weighted by Gasteiger charge is -2.21. The van der Waals surface area contributed by atoms with Gasteiger partial charge < -0.3 is 19.7 Å². The van der Waals surface area contributed by atoms with Crippen LogP contribution in [0.15, 0.2) is 36.4 Å². The van der Waals surface area contributed by atoms with Gasteiger partial charge in [-0.3, -0.25) is 9.59 Å². The fraction of sp³-hybridized carbons (Fsp3) is 0.333. The average Bonchev–Trinajstić information content (AvgIpc) is 2.80. The van der Waals surface area contributed by atoms with Crippen molar-refractivity contribution in [2.75, 3.05) is 25.6 Å². The Bertz CT molecular complexity index is 936. The molecule has 0 unspecified atom stereocenters. The van der Waals surface area contributed by atoms with Crippen LogP contribution >= 0.6 is 0 Å². The van der Waals surface area contributed by atoms with Gasteiger partial charge in [0.25, 0.3) is 5.91 Å². The molecule has 0 aromatic heterocycles. The molecule has 2 aliphatic rings. The second kappa shape index (κ2) is 6.30. The maximum Gasteiger partial charge on any atom is 0.254 e. The van der Waals surface area contributed by atoms with E-state index >= 15 is 0 Å². The number of fused-ring (bicyclic) bond motifs is 2. The maximum atomic E-state index is 13.1. The minimum atomic E-state index is -0.578. The third-order valence-electron chi connectivity index (χ3n) is 5.30. The first-order chi connectivity index (χ1) is 12.9. The fourth-order valence-electron chi connectivity index (χ4n) is 3.56. The molecule has 0 bridgehead atoms. The topological polar surface area (TPSA) is 67.9 Å². The molecule has 2 aromatic rings. The van der Waals surface area contributed by atoms with Gasteiger partial charge in [-0.25, -0.2) is 0 Å². The Hall–Kier alpha value is -3.02. The number of methoxy groups -OCH3 is 1. The largest absolute Gasteiger partial charge is 0.497 e. The first kappa shape index (κ1) is 17.4. The molecule has 2 aromatic carbocycles. The number of amides is 2. The second-order valence-electron chi connectivity index (χ2n) is 7.39. The normalized spacial score (nSPS) is 17.3. The standard InChI is InChI=1S/C21H22N2O4/c1-21(2)16-7-5-13(10-17(16)22-20(21)25)19(24)23-8-9-27-18-11-15(26-3)6-4-14(18)12-23/h4-7,10-11H,8-9,12H2,1-3H3,(H,22,25). The first-order valence-corrected chi connectivity index (χ1v) is 8.95. The average molecular weight is 366 g/mol. The van der Waals surface area contributed by atoms with E-state index in [1.165, 1.54) is 0 Å². The Balaban J connectivity index is 1.60. The Labute approximate surface area is 158 Å². The van der Waals surface area contributed by atoms with Crippen LogP contribution in [-0.2, 0) is 16.8 Å². The molecule has 27 heavy (non-hydrogen) atoms. The summed E-state index contributed by atoms with van der Waals surface area (Å²) in [7, 11) is 1.61. The molecule has 2 aliphatic heterocycles. The number of hydrogen-bond acceptors (Lipinski definition) is 4. The van der Waals surface area contributed by atoms with Crippen molar-refractivity contribution < 1.29 is 19.1 Å². The Kier molecular flexibility index (Phi) is 4.06. The molecule has 0 radical (unpaired) electrons. The highest BCUT2D eigenvalue weighted by Crippen LogP contribution is 2.38. The summed E-state index contributed by atoms with van der Waals surface area (Å²) >= 11 is 0. The summed E-state index contributed by atoms with van der Waals surface area (Å²) in [4.78, 5) is 27.0. The zero-order valence-electron chi connectivity index (χ0n) is 15.7. The number of nitrogens with zero attached hydrogens (tertiary/aromatic N) is 1. The van der Waals surface area contributed by atoms with Crippen LogP contribution in [-0.4, -0.2) is 37.0 Å². The molecule has 0 saturated carbocycles. The molecule has 2 heterocycles. The highest BCUT2D eigenvalue weighted by molar-refractivity contribution is 6.07. The SMILES string of the molecule is COc1ccc2c(c1)OCCN(C(=O)c1ccc3c(c1)NC(=O)C3(C)C)C2. The van der Waals surface area contributed by atoms with Crippen molar-refractivity contribution in [2.45, 2.75) is 25.8 Å². The Morgan fingerprint density at radius 2 is 2.04 bits per heavy atom. The summed E-state index contributed by atoms with van der Waals surface area (Å²) in [6.07, 6.45) is 0. The summed E-state index contributed by atoms with van der Waals surface area (Å²) in [5.41, 5.74) is 2.56. The lowest BCUT2D eigenvalue weighted by molar-refractivity contribution is -0.119. The van der Waals surface area contributed by atoms with Crippen LogP contribution in [0.3, 0.4) is 0 Å². The van der Waals surface area contributed by atoms with Gasteiger partial charge in [-0.2, -0.15) is 0 Å². The van der Waals surface area contributed by atoms with E-state index in [0.717, 1.165) is 22.6 Å². The maximum absolute atomic E-state index is 13.1. The van der Waals surface area contributed by atoms with Crippen LogP contribution in [0.25, 0.3) is 0 Å². The van der Waals surface area contributed by atoms with Crippen molar-refractivity contribution in [1.82, 2.24) is 4.90 Å². The lowest BCUT2D eigenvalue weighted by atomic mass is 9.86. The molecule has 0 fully saturated rings. The minimum absolute atomic E-state index is 0.0480. The van der Waals surface area contributed by atoms with E-state index < -0.39 is 5.41 Å². The molecular formula is C21H22N2O4. The molecule has 0 saturated heterocycles. The Morgan fingerprint density at radius 1 is 1.22 bits per heavy atom. The number of rotatable bonds is 2. The van der Waals surface area contributed by atoms with Gasteiger partial charge in [0.15, 0.2) is 0 Å². The number of hydrogen-bond donors (Lipinski definition) is 1. The van der Waals surface area contributed by atoms with Gasteiger partial charge in [0.2, 0.25) is 5.91 Å². The summed E-state index contributed by atoms with van der Waals surface area (Å²) < 4.78 is 11.0. The van der Waals surface area contributed by atoms with Crippen LogP contribution in [0.2, 0.25) is 0 Å². The van der Waals surface area contributed by atoms with Crippen molar-refractivity contribution >= 4 is 17.5 Å². The van der Waals surface area contributed by atoms with E-state index in [-0.39, 0.29) is 11.8 Å². The van der Waals surface area contributed by atoms with Gasteiger partial charge >= 0.3 is 0 Å². The summed E-state index contributed by atoms with van der Waals surface area (Å²) in [5.74, 6) is 1.34. The minimum Gasteiger partial charge on any atom is -0.497 e. The number of ether oxygens (including phenoxy) is 2. The van der Waals surface area contributed by atoms with Crippen molar-refractivity contribution in [3.05, 3.63) is 53.1 Å². The van der Waals surface area contributed by atoms with E-state index in [2.05, 4.69) is 5.32 Å². The van der Waals surface area contributed by atoms with Crippen LogP contribution in [0.4, 0.5) is 5.69 Å². The molecule has 0 spiro atoms. The van der Waals surface area contributed by atoms with Crippen molar-refractivity contribution in [3.8, 4) is 11.5 Å². The monoisotopic (exact) mass is 366 g/mol. The third-order valence-corrected chi connectivity index (χ3v) is 5.30. The molecule has 4 rings (SSSR count). The molecule has 2 amide bonds. The molecule has 0 atom stereocenters. The molecule has 1 N–H and O–H groups in total. The van der Waals surface area contributed by atoms with Gasteiger partial charge in [0.1, 0.15) is 18.1 Å². The number of carbonyl (C=O) groups excluding carboxylic acids is 2. The molecule has 0 aliphatic carbocycles. The van der Waals surface area contributed by atoms with E-state index in [0.29, 0.717) is 30.9 Å². The third kappa shape index (κ3) is 2.91. The van der Waals surface area contributed by atoms with Gasteiger partial charge in [-0.1, -0.05) is 6.07 Å². The fourth-order valence-corrected chi connectivity index (χ4v) is 3.56. The second-order valence-corrected chi connectivity index (χ2v) is 7.39. The number of benzene rings is 2. The van der Waals surface area contributed by atoms with Crippen LogP contribution < -0.4 is 14.8 Å². The van der Waals surface area contributed by atoms with Crippen molar-refractivity contribution in [3.63, 3.8) is 0 Å². The highest BCUT2D eigenvalue weighted by Gasteiger charge is 2.38. The predicted molar refractivity (Wildman–Crippen MR) is 101 cm³/mol. The number of anilines is 1. The molecular weight excluding hydrogens is 344 g/mol. The van der Waals surface area contributed by atoms with Crippen LogP contribution in [0.1, 0.15) is 35.3 Å². The molecule has 140 valence electrons. The summed E-state index contributed by atoms with van der Waals surface area (Å²) in [5, 5.41) is 2.88. The van der Waals surface area contributed by atoms with Crippen molar-refractivity contribution in [2.24, 2.45) is 0 Å². The number of carbonyl (C=O) groups is 2. The van der Waals surface area contributed by atoms with E-state index in [1.807, 2.05) is 38.1 Å². The van der Waals surface area contributed by atoms with E-state index in [1.54, 1.807) is 24.1 Å². The van der Waals surface area contributed by atoms with Gasteiger partial charge in [-0.05, 0) is 43.7 Å². The number of nitrogens with one attached hydrogen (secondary N) is 1. The zero-order valence-corrected chi connectivity index (χ0v) is 15.7.